The van der Waals surface area contributed by atoms with E-state index in [9.17, 15) is 0 Å². The van der Waals surface area contributed by atoms with Crippen LogP contribution in [-0.4, -0.2) is 6.71 Å². The van der Waals surface area contributed by atoms with Gasteiger partial charge >= 0.3 is 0 Å². The van der Waals surface area contributed by atoms with Gasteiger partial charge in [0.15, 0.2) is 0 Å². The van der Waals surface area contributed by atoms with E-state index < -0.39 is 0 Å². The average molecular weight is 154 g/mol. The summed E-state index contributed by atoms with van der Waals surface area (Å²) in [4.78, 5) is 0. The fourth-order valence-corrected chi connectivity index (χ4v) is 1.71. The standard InChI is InChI=1S/C10H23B/c1-6-8-11(9-7-2)10(3,4)5/h6-9H2,1-5H3. The molecular weight excluding hydrogens is 131 g/mol. The van der Waals surface area contributed by atoms with Crippen molar-refractivity contribution in [2.75, 3.05) is 0 Å². The van der Waals surface area contributed by atoms with Crippen LogP contribution in [0.25, 0.3) is 0 Å². The molecule has 0 atom stereocenters. The average Bonchev–Trinajstić information content (AvgIpc) is 1.85. The summed E-state index contributed by atoms with van der Waals surface area (Å²) in [6.45, 7) is 12.6. The molecule has 0 bridgehead atoms. The molecule has 0 rings (SSSR count). The second kappa shape index (κ2) is 4.85. The van der Waals surface area contributed by atoms with Gasteiger partial charge < -0.3 is 0 Å². The maximum absolute atomic E-state index is 2.36. The number of rotatable bonds is 4. The van der Waals surface area contributed by atoms with Crippen molar-refractivity contribution in [2.24, 2.45) is 0 Å². The highest BCUT2D eigenvalue weighted by molar-refractivity contribution is 6.62. The molecule has 0 aliphatic carbocycles. The Hall–Kier alpha value is 0.0649. The lowest BCUT2D eigenvalue weighted by Crippen LogP contribution is -2.24. The second-order valence-corrected chi connectivity index (χ2v) is 4.64. The van der Waals surface area contributed by atoms with E-state index in [4.69, 9.17) is 0 Å². The molecule has 0 spiro atoms. The van der Waals surface area contributed by atoms with Crippen molar-refractivity contribution in [3.05, 3.63) is 0 Å². The van der Waals surface area contributed by atoms with Crippen molar-refractivity contribution in [1.82, 2.24) is 0 Å². The van der Waals surface area contributed by atoms with Crippen molar-refractivity contribution in [3.8, 4) is 0 Å². The highest BCUT2D eigenvalue weighted by atomic mass is 14.1. The minimum atomic E-state index is 0.520. The molecule has 0 N–H and O–H groups in total. The third kappa shape index (κ3) is 4.50. The first-order valence-electron chi connectivity index (χ1n) is 5.02. The van der Waals surface area contributed by atoms with Gasteiger partial charge in [0, 0.05) is 0 Å². The van der Waals surface area contributed by atoms with Crippen molar-refractivity contribution < 1.29 is 0 Å². The van der Waals surface area contributed by atoms with Crippen molar-refractivity contribution in [1.29, 1.82) is 0 Å². The van der Waals surface area contributed by atoms with E-state index >= 15 is 0 Å². The predicted molar refractivity (Wildman–Crippen MR) is 55.7 cm³/mol. The van der Waals surface area contributed by atoms with E-state index in [0.29, 0.717) is 5.31 Å². The Bertz CT molecular complexity index is 85.5. The summed E-state index contributed by atoms with van der Waals surface area (Å²) in [6, 6.07) is 0. The van der Waals surface area contributed by atoms with Crippen LogP contribution in [0.1, 0.15) is 47.5 Å². The van der Waals surface area contributed by atoms with Gasteiger partial charge in [0.2, 0.25) is 0 Å². The Balaban J connectivity index is 3.88. The summed E-state index contributed by atoms with van der Waals surface area (Å²) in [6.07, 6.45) is 5.47. The lowest BCUT2D eigenvalue weighted by molar-refractivity contribution is 0.716. The second-order valence-electron chi connectivity index (χ2n) is 4.64. The summed E-state index contributed by atoms with van der Waals surface area (Å²) >= 11 is 0. The van der Waals surface area contributed by atoms with E-state index in [1.807, 2.05) is 0 Å². The van der Waals surface area contributed by atoms with E-state index in [0.717, 1.165) is 6.71 Å². The highest BCUT2D eigenvalue weighted by Crippen LogP contribution is 2.32. The topological polar surface area (TPSA) is 0 Å². The first-order chi connectivity index (χ1) is 5.02. The third-order valence-corrected chi connectivity index (χ3v) is 2.50. The zero-order valence-corrected chi connectivity index (χ0v) is 8.91. The van der Waals surface area contributed by atoms with E-state index in [-0.39, 0.29) is 0 Å². The molecule has 0 saturated heterocycles. The normalized spacial score (nSPS) is 11.7. The van der Waals surface area contributed by atoms with Crippen LogP contribution in [0.3, 0.4) is 0 Å². The molecule has 11 heavy (non-hydrogen) atoms. The first kappa shape index (κ1) is 11.1. The SMILES string of the molecule is CCCB(CCC)C(C)(C)C. The Labute approximate surface area is 72.8 Å². The van der Waals surface area contributed by atoms with Crippen molar-refractivity contribution in [3.63, 3.8) is 0 Å². The van der Waals surface area contributed by atoms with Crippen LogP contribution in [0, 0.1) is 0 Å². The zero-order chi connectivity index (χ0) is 8.91. The van der Waals surface area contributed by atoms with Crippen molar-refractivity contribution in [2.45, 2.75) is 65.4 Å². The molecule has 66 valence electrons. The minimum absolute atomic E-state index is 0.520. The van der Waals surface area contributed by atoms with E-state index in [1.54, 1.807) is 0 Å². The van der Waals surface area contributed by atoms with Gasteiger partial charge in [0.1, 0.15) is 6.71 Å². The van der Waals surface area contributed by atoms with Gasteiger partial charge in [-0.15, -0.1) is 0 Å². The van der Waals surface area contributed by atoms with Crippen LogP contribution in [0.4, 0.5) is 0 Å². The smallest absolute Gasteiger partial charge is 0.0740 e. The van der Waals surface area contributed by atoms with Gasteiger partial charge in [0.25, 0.3) is 0 Å². The minimum Gasteiger partial charge on any atom is -0.0740 e. The molecule has 1 heteroatoms. The molecule has 0 heterocycles. The maximum Gasteiger partial charge on any atom is 0.145 e. The largest absolute Gasteiger partial charge is 0.145 e. The molecule has 0 saturated carbocycles. The lowest BCUT2D eigenvalue weighted by atomic mass is 9.31. The Morgan fingerprint density at radius 1 is 0.909 bits per heavy atom. The van der Waals surface area contributed by atoms with Crippen LogP contribution in [0.2, 0.25) is 18.0 Å². The van der Waals surface area contributed by atoms with Gasteiger partial charge in [-0.25, -0.2) is 0 Å². The Morgan fingerprint density at radius 3 is 1.45 bits per heavy atom. The van der Waals surface area contributed by atoms with Gasteiger partial charge in [0.05, 0.1) is 0 Å². The number of hydrogen-bond donors (Lipinski definition) is 0. The molecule has 0 aliphatic heterocycles. The van der Waals surface area contributed by atoms with Gasteiger partial charge in [-0.1, -0.05) is 65.4 Å². The molecule has 0 aromatic carbocycles. The van der Waals surface area contributed by atoms with Crippen LogP contribution < -0.4 is 0 Å². The van der Waals surface area contributed by atoms with Crippen molar-refractivity contribution >= 4 is 6.71 Å². The summed E-state index contributed by atoms with van der Waals surface area (Å²) in [5.41, 5.74) is 0. The van der Waals surface area contributed by atoms with Crippen LogP contribution >= 0.6 is 0 Å². The maximum atomic E-state index is 2.36. The summed E-state index contributed by atoms with van der Waals surface area (Å²) in [5, 5.41) is 0.520. The lowest BCUT2D eigenvalue weighted by Gasteiger charge is -2.27. The molecule has 0 amide bonds. The fraction of sp³-hybridized carbons (Fsp3) is 1.00. The van der Waals surface area contributed by atoms with Gasteiger partial charge in [-0.05, 0) is 0 Å². The predicted octanol–water partition coefficient (Wildman–Crippen LogP) is 4.10. The van der Waals surface area contributed by atoms with Gasteiger partial charge in [-0.3, -0.25) is 0 Å². The molecule has 0 radical (unpaired) electrons. The first-order valence-corrected chi connectivity index (χ1v) is 5.02. The highest BCUT2D eigenvalue weighted by Gasteiger charge is 2.25. The monoisotopic (exact) mass is 154 g/mol. The quantitative estimate of drug-likeness (QED) is 0.534. The summed E-state index contributed by atoms with van der Waals surface area (Å²) in [7, 11) is 0. The van der Waals surface area contributed by atoms with E-state index in [1.165, 1.54) is 25.5 Å². The Kier molecular flexibility index (Phi) is 4.87. The summed E-state index contributed by atoms with van der Waals surface area (Å²) in [5.74, 6) is 0. The molecule has 0 aromatic rings. The van der Waals surface area contributed by atoms with Crippen LogP contribution in [0.15, 0.2) is 0 Å². The zero-order valence-electron chi connectivity index (χ0n) is 8.91. The molecule has 0 nitrogen and oxygen atoms in total. The Morgan fingerprint density at radius 2 is 1.27 bits per heavy atom. The van der Waals surface area contributed by atoms with Crippen LogP contribution in [0.5, 0.6) is 0 Å². The molecule has 0 fully saturated rings. The molecule has 0 aliphatic rings. The van der Waals surface area contributed by atoms with E-state index in [2.05, 4.69) is 34.6 Å². The number of hydrogen-bond acceptors (Lipinski definition) is 0. The molecular formula is C10H23B. The fourth-order valence-electron chi connectivity index (χ4n) is 1.71. The van der Waals surface area contributed by atoms with Gasteiger partial charge in [-0.2, -0.15) is 0 Å². The molecule has 0 unspecified atom stereocenters. The molecule has 0 aromatic heterocycles. The summed E-state index contributed by atoms with van der Waals surface area (Å²) < 4.78 is 0. The van der Waals surface area contributed by atoms with Crippen LogP contribution in [-0.2, 0) is 0 Å². The third-order valence-electron chi connectivity index (χ3n) is 2.50.